The summed E-state index contributed by atoms with van der Waals surface area (Å²) in [5, 5.41) is 16.3. The van der Waals surface area contributed by atoms with E-state index in [4.69, 9.17) is 20.4 Å². The van der Waals surface area contributed by atoms with Crippen LogP contribution in [0.25, 0.3) is 21.9 Å². The van der Waals surface area contributed by atoms with Gasteiger partial charge in [-0.2, -0.15) is 0 Å². The van der Waals surface area contributed by atoms with Crippen molar-refractivity contribution in [3.63, 3.8) is 0 Å². The van der Waals surface area contributed by atoms with Crippen molar-refractivity contribution in [1.82, 2.24) is 5.32 Å². The third kappa shape index (κ3) is 5.31. The first-order valence-corrected chi connectivity index (χ1v) is 12.0. The van der Waals surface area contributed by atoms with Crippen molar-refractivity contribution >= 4 is 45.4 Å². The van der Waals surface area contributed by atoms with Gasteiger partial charge in [0.05, 0.1) is 18.3 Å². The molecule has 2 aromatic heterocycles. The molecule has 1 atom stereocenters. The van der Waals surface area contributed by atoms with Gasteiger partial charge in [0, 0.05) is 39.4 Å². The van der Waals surface area contributed by atoms with Crippen molar-refractivity contribution in [2.24, 2.45) is 0 Å². The fraction of sp³-hybridized carbons (Fsp3) is 0.321. The van der Waals surface area contributed by atoms with Gasteiger partial charge in [0.2, 0.25) is 5.91 Å². The van der Waals surface area contributed by atoms with Gasteiger partial charge in [-0.05, 0) is 54.5 Å². The van der Waals surface area contributed by atoms with Gasteiger partial charge in [-0.15, -0.1) is 0 Å². The van der Waals surface area contributed by atoms with Gasteiger partial charge >= 0.3 is 5.63 Å². The number of carboxylic acids is 1. The van der Waals surface area contributed by atoms with E-state index in [2.05, 4.69) is 26.1 Å². The van der Waals surface area contributed by atoms with Gasteiger partial charge in [0.15, 0.2) is 0 Å². The van der Waals surface area contributed by atoms with Crippen molar-refractivity contribution in [1.29, 1.82) is 0 Å². The molecule has 4 aromatic rings. The second-order valence-corrected chi connectivity index (χ2v) is 10.4. The molecule has 0 aliphatic rings. The number of amides is 1. The summed E-state index contributed by atoms with van der Waals surface area (Å²) in [6, 6.07) is 9.13. The van der Waals surface area contributed by atoms with Crippen LogP contribution in [0.5, 0.6) is 0 Å². The number of nitrogens with one attached hydrogen (secondary N) is 1. The zero-order valence-corrected chi connectivity index (χ0v) is 21.3. The molecule has 0 spiro atoms. The van der Waals surface area contributed by atoms with E-state index >= 15 is 0 Å². The van der Waals surface area contributed by atoms with Crippen LogP contribution in [0.3, 0.4) is 0 Å². The lowest BCUT2D eigenvalue weighted by atomic mass is 9.86. The zero-order chi connectivity index (χ0) is 26.2. The van der Waals surface area contributed by atoms with Gasteiger partial charge in [-0.3, -0.25) is 4.79 Å². The average Bonchev–Trinajstić information content (AvgIpc) is 3.22. The number of benzene rings is 2. The number of aliphatic carboxylic acids is 1. The highest BCUT2D eigenvalue weighted by molar-refractivity contribution is 6.30. The van der Waals surface area contributed by atoms with Crippen LogP contribution < -0.4 is 16.0 Å². The lowest BCUT2D eigenvalue weighted by Gasteiger charge is -2.20. The van der Waals surface area contributed by atoms with Crippen LogP contribution in [-0.4, -0.2) is 17.9 Å². The number of carboxylic acid groups (broad SMARTS) is 1. The summed E-state index contributed by atoms with van der Waals surface area (Å²) in [5.41, 5.74) is 3.21. The maximum absolute atomic E-state index is 12.7. The lowest BCUT2D eigenvalue weighted by Crippen LogP contribution is -2.49. The molecule has 0 fully saturated rings. The molecule has 0 radical (unpaired) electrons. The maximum Gasteiger partial charge on any atom is 0.339 e. The summed E-state index contributed by atoms with van der Waals surface area (Å²) >= 11 is 5.87. The van der Waals surface area contributed by atoms with Gasteiger partial charge in [0.1, 0.15) is 11.2 Å². The number of aryl methyl sites for hydroxylation is 1. The Kier molecular flexibility index (Phi) is 6.96. The Morgan fingerprint density at radius 1 is 1.08 bits per heavy atom. The molecule has 2 heterocycles. The first kappa shape index (κ1) is 25.5. The molecule has 0 aliphatic heterocycles. The molecule has 36 heavy (non-hydrogen) atoms. The molecule has 4 rings (SSSR count). The lowest BCUT2D eigenvalue weighted by molar-refractivity contribution is -0.308. The molecule has 0 saturated carbocycles. The van der Waals surface area contributed by atoms with Gasteiger partial charge < -0.3 is 24.1 Å². The van der Waals surface area contributed by atoms with E-state index in [1.807, 2.05) is 13.0 Å². The fourth-order valence-corrected chi connectivity index (χ4v) is 4.46. The highest BCUT2D eigenvalue weighted by Crippen LogP contribution is 2.35. The van der Waals surface area contributed by atoms with Crippen LogP contribution in [0.4, 0.5) is 0 Å². The SMILES string of the molecule is Cc1c(CCC(=O)N[C@H](Cc2ccc(Cl)cc2)C(=O)[O-])c(=O)oc2cc3occ(C(C)(C)C)c3cc12. The van der Waals surface area contributed by atoms with E-state index in [-0.39, 0.29) is 24.7 Å². The molecule has 7 nitrogen and oxygen atoms in total. The quantitative estimate of drug-likeness (QED) is 0.374. The number of hydrogen-bond donors (Lipinski definition) is 1. The molecule has 0 unspecified atom stereocenters. The predicted octanol–water partition coefficient (Wildman–Crippen LogP) is 4.21. The van der Waals surface area contributed by atoms with Crippen LogP contribution in [0, 0.1) is 6.92 Å². The van der Waals surface area contributed by atoms with E-state index in [9.17, 15) is 19.5 Å². The van der Waals surface area contributed by atoms with Crippen LogP contribution >= 0.6 is 11.6 Å². The summed E-state index contributed by atoms with van der Waals surface area (Å²) in [6.45, 7) is 8.10. The number of fused-ring (bicyclic) bond motifs is 2. The van der Waals surface area contributed by atoms with E-state index < -0.39 is 23.5 Å². The second-order valence-electron chi connectivity index (χ2n) is 10.0. The van der Waals surface area contributed by atoms with Gasteiger partial charge in [-0.25, -0.2) is 4.79 Å². The highest BCUT2D eigenvalue weighted by atomic mass is 35.5. The molecule has 8 heteroatoms. The smallest absolute Gasteiger partial charge is 0.339 e. The minimum Gasteiger partial charge on any atom is -0.548 e. The minimum absolute atomic E-state index is 0.0548. The molecule has 1 N–H and O–H groups in total. The van der Waals surface area contributed by atoms with Crippen molar-refractivity contribution in [3.8, 4) is 0 Å². The molecule has 0 bridgehead atoms. The Morgan fingerprint density at radius 2 is 1.78 bits per heavy atom. The van der Waals surface area contributed by atoms with Gasteiger partial charge in [0.25, 0.3) is 0 Å². The number of rotatable bonds is 7. The molecule has 0 aliphatic carbocycles. The maximum atomic E-state index is 12.7. The summed E-state index contributed by atoms with van der Waals surface area (Å²) in [5.74, 6) is -1.89. The molecule has 1 amide bonds. The normalized spacial score (nSPS) is 12.7. The standard InChI is InChI=1S/C28H28ClNO6/c1-15-18(9-10-25(31)30-22(26(32)33)11-16-5-7-17(29)8-6-16)27(34)36-24-13-23-20(12-19(15)24)21(14-35-23)28(2,3)4/h5-8,12-14,22H,9-11H2,1-4H3,(H,30,31)(H,32,33)/p-1/t22-/m1/s1. The number of furan rings is 1. The molecular weight excluding hydrogens is 482 g/mol. The molecular formula is C28H27ClNO6-. The number of carbonyl (C=O) groups is 2. The number of hydrogen-bond acceptors (Lipinski definition) is 6. The van der Waals surface area contributed by atoms with Crippen LogP contribution in [-0.2, 0) is 27.8 Å². The van der Waals surface area contributed by atoms with Crippen molar-refractivity contribution in [3.05, 3.63) is 80.4 Å². The van der Waals surface area contributed by atoms with Crippen molar-refractivity contribution in [2.45, 2.75) is 58.4 Å². The van der Waals surface area contributed by atoms with Crippen LogP contribution in [0.2, 0.25) is 5.02 Å². The monoisotopic (exact) mass is 508 g/mol. The average molecular weight is 509 g/mol. The summed E-state index contributed by atoms with van der Waals surface area (Å²) in [7, 11) is 0. The van der Waals surface area contributed by atoms with E-state index in [1.54, 1.807) is 36.6 Å². The first-order chi connectivity index (χ1) is 16.9. The Bertz CT molecular complexity index is 1510. The second kappa shape index (κ2) is 9.82. The summed E-state index contributed by atoms with van der Waals surface area (Å²) in [6.07, 6.45) is 1.80. The number of halogens is 1. The van der Waals surface area contributed by atoms with E-state index in [1.165, 1.54) is 0 Å². The Labute approximate surface area is 213 Å². The van der Waals surface area contributed by atoms with Gasteiger partial charge in [-0.1, -0.05) is 44.5 Å². The third-order valence-corrected chi connectivity index (χ3v) is 6.62. The van der Waals surface area contributed by atoms with E-state index in [0.717, 1.165) is 21.9 Å². The van der Waals surface area contributed by atoms with Crippen LogP contribution in [0.1, 0.15) is 49.4 Å². The largest absolute Gasteiger partial charge is 0.548 e. The summed E-state index contributed by atoms with van der Waals surface area (Å²) in [4.78, 5) is 36.9. The van der Waals surface area contributed by atoms with E-state index in [0.29, 0.717) is 27.3 Å². The zero-order valence-electron chi connectivity index (χ0n) is 20.6. The number of carbonyl (C=O) groups excluding carboxylic acids is 2. The minimum atomic E-state index is -1.39. The fourth-order valence-electron chi connectivity index (χ4n) is 4.33. The highest BCUT2D eigenvalue weighted by Gasteiger charge is 2.22. The summed E-state index contributed by atoms with van der Waals surface area (Å²) < 4.78 is 11.3. The Hall–Kier alpha value is -3.58. The molecule has 0 saturated heterocycles. The van der Waals surface area contributed by atoms with Crippen molar-refractivity contribution in [2.75, 3.05) is 0 Å². The Morgan fingerprint density at radius 3 is 2.42 bits per heavy atom. The first-order valence-electron chi connectivity index (χ1n) is 11.7. The predicted molar refractivity (Wildman–Crippen MR) is 136 cm³/mol. The molecule has 2 aromatic carbocycles. The molecule has 188 valence electrons. The topological polar surface area (TPSA) is 113 Å². The van der Waals surface area contributed by atoms with Crippen LogP contribution in [0.15, 0.2) is 56.3 Å². The third-order valence-electron chi connectivity index (χ3n) is 6.36. The Balaban J connectivity index is 1.55. The van der Waals surface area contributed by atoms with Crippen molar-refractivity contribution < 1.29 is 23.5 Å².